The number of piperidine rings is 1. The van der Waals surface area contributed by atoms with E-state index in [1.54, 1.807) is 0 Å². The first kappa shape index (κ1) is 23.0. The minimum absolute atomic E-state index is 0.285. The average molecular weight is 442 g/mol. The number of carboxylic acids is 1. The molecule has 0 bridgehead atoms. The second kappa shape index (κ2) is 9.24. The van der Waals surface area contributed by atoms with Gasteiger partial charge in [0.1, 0.15) is 0 Å². The third kappa shape index (κ3) is 4.38. The van der Waals surface area contributed by atoms with E-state index in [-0.39, 0.29) is 5.04 Å². The SMILES string of the molecule is COC(=O)N1CCC[C@@H](O[Si](c2ccccc2)(c2ccccc2)C(C)(C)C)[C@H]1C(=O)O. The molecule has 0 radical (unpaired) electrons. The van der Waals surface area contributed by atoms with Gasteiger partial charge in [-0.3, -0.25) is 4.90 Å². The van der Waals surface area contributed by atoms with Crippen molar-refractivity contribution in [2.75, 3.05) is 13.7 Å². The lowest BCUT2D eigenvalue weighted by Crippen LogP contribution is -2.70. The van der Waals surface area contributed by atoms with Crippen molar-refractivity contribution >= 4 is 30.8 Å². The standard InChI is InChI=1S/C24H31NO5Si/c1-24(2,3)31(18-12-7-5-8-13-18,19-14-9-6-10-15-19)30-20-16-11-17-25(23(28)29-4)21(20)22(26)27/h5-10,12-15,20-21H,11,16-17H2,1-4H3,(H,26,27)/t20-,21+/m1/s1. The number of carboxylic acid groups (broad SMARTS) is 1. The summed E-state index contributed by atoms with van der Waals surface area (Å²) in [6.45, 7) is 6.78. The number of carbonyl (C=O) groups excluding carboxylic acids is 1. The molecule has 1 aliphatic heterocycles. The molecule has 1 amide bonds. The Morgan fingerprint density at radius 1 is 1.00 bits per heavy atom. The van der Waals surface area contributed by atoms with Crippen molar-refractivity contribution < 1.29 is 23.9 Å². The summed E-state index contributed by atoms with van der Waals surface area (Å²) in [7, 11) is -1.67. The number of likely N-dealkylation sites (tertiary alicyclic amines) is 1. The molecule has 0 spiro atoms. The Hall–Kier alpha value is -2.64. The van der Waals surface area contributed by atoms with E-state index in [0.29, 0.717) is 19.4 Å². The van der Waals surface area contributed by atoms with E-state index in [1.165, 1.54) is 12.0 Å². The summed E-state index contributed by atoms with van der Waals surface area (Å²) in [5, 5.41) is 11.9. The largest absolute Gasteiger partial charge is 0.480 e. The van der Waals surface area contributed by atoms with Crippen LogP contribution in [0.4, 0.5) is 4.79 Å². The second-order valence-corrected chi connectivity index (χ2v) is 13.2. The summed E-state index contributed by atoms with van der Waals surface area (Å²) in [5.41, 5.74) is 0. The normalized spacial score (nSPS) is 19.7. The Balaban J connectivity index is 2.16. The number of carbonyl (C=O) groups is 2. The second-order valence-electron chi connectivity index (χ2n) is 8.91. The maximum Gasteiger partial charge on any atom is 0.410 e. The maximum atomic E-state index is 12.3. The predicted octanol–water partition coefficient (Wildman–Crippen LogP) is 3.25. The number of rotatable bonds is 5. The molecule has 1 aliphatic rings. The third-order valence-electron chi connectivity index (χ3n) is 5.98. The number of benzene rings is 2. The van der Waals surface area contributed by atoms with Crippen LogP contribution in [-0.2, 0) is 14.0 Å². The van der Waals surface area contributed by atoms with E-state index >= 15 is 0 Å². The fraction of sp³-hybridized carbons (Fsp3) is 0.417. The van der Waals surface area contributed by atoms with Crippen LogP contribution < -0.4 is 10.4 Å². The minimum Gasteiger partial charge on any atom is -0.480 e. The zero-order valence-corrected chi connectivity index (χ0v) is 19.6. The molecule has 7 heteroatoms. The van der Waals surface area contributed by atoms with E-state index in [0.717, 1.165) is 10.4 Å². The minimum atomic E-state index is -2.94. The van der Waals surface area contributed by atoms with E-state index in [9.17, 15) is 14.7 Å². The fourth-order valence-corrected chi connectivity index (χ4v) is 9.33. The first-order valence-corrected chi connectivity index (χ1v) is 12.5. The molecular weight excluding hydrogens is 410 g/mol. The zero-order chi connectivity index (χ0) is 22.6. The van der Waals surface area contributed by atoms with Crippen LogP contribution in [0.15, 0.2) is 60.7 Å². The molecule has 2 aromatic carbocycles. The molecular formula is C24H31NO5Si. The van der Waals surface area contributed by atoms with Crippen molar-refractivity contribution in [3.63, 3.8) is 0 Å². The summed E-state index contributed by atoms with van der Waals surface area (Å²) in [6, 6.07) is 19.1. The molecule has 0 saturated carbocycles. The van der Waals surface area contributed by atoms with Crippen molar-refractivity contribution in [3.05, 3.63) is 60.7 Å². The van der Waals surface area contributed by atoms with Crippen molar-refractivity contribution in [1.29, 1.82) is 0 Å². The van der Waals surface area contributed by atoms with Crippen LogP contribution in [-0.4, -0.2) is 56.2 Å². The molecule has 31 heavy (non-hydrogen) atoms. The van der Waals surface area contributed by atoms with E-state index in [1.807, 2.05) is 36.4 Å². The number of hydrogen-bond acceptors (Lipinski definition) is 4. The van der Waals surface area contributed by atoms with Gasteiger partial charge in [0.05, 0.1) is 13.2 Å². The Morgan fingerprint density at radius 2 is 1.52 bits per heavy atom. The molecule has 1 saturated heterocycles. The lowest BCUT2D eigenvalue weighted by Gasteiger charge is -2.48. The molecule has 0 aliphatic carbocycles. The Kier molecular flexibility index (Phi) is 6.86. The van der Waals surface area contributed by atoms with Crippen molar-refractivity contribution in [2.24, 2.45) is 0 Å². The summed E-state index contributed by atoms with van der Waals surface area (Å²) in [4.78, 5) is 25.9. The van der Waals surface area contributed by atoms with Gasteiger partial charge in [-0.1, -0.05) is 81.4 Å². The summed E-state index contributed by atoms with van der Waals surface area (Å²) >= 11 is 0. The Morgan fingerprint density at radius 3 is 1.94 bits per heavy atom. The molecule has 6 nitrogen and oxygen atoms in total. The van der Waals surface area contributed by atoms with Gasteiger partial charge in [0.15, 0.2) is 6.04 Å². The van der Waals surface area contributed by atoms with E-state index < -0.39 is 32.5 Å². The topological polar surface area (TPSA) is 76.1 Å². The highest BCUT2D eigenvalue weighted by Gasteiger charge is 2.54. The van der Waals surface area contributed by atoms with Crippen LogP contribution in [0.3, 0.4) is 0 Å². The predicted molar refractivity (Wildman–Crippen MR) is 122 cm³/mol. The molecule has 1 N–H and O–H groups in total. The van der Waals surface area contributed by atoms with Crippen LogP contribution in [0.2, 0.25) is 5.04 Å². The molecule has 1 heterocycles. The highest BCUT2D eigenvalue weighted by Crippen LogP contribution is 2.39. The number of ether oxygens (including phenoxy) is 1. The van der Waals surface area contributed by atoms with Crippen LogP contribution in [0, 0.1) is 0 Å². The van der Waals surface area contributed by atoms with E-state index in [2.05, 4.69) is 45.0 Å². The lowest BCUT2D eigenvalue weighted by molar-refractivity contribution is -0.148. The van der Waals surface area contributed by atoms with Crippen molar-refractivity contribution in [1.82, 2.24) is 4.90 Å². The number of aliphatic carboxylic acids is 1. The quantitative estimate of drug-likeness (QED) is 0.721. The fourth-order valence-electron chi connectivity index (χ4n) is 4.62. The monoisotopic (exact) mass is 441 g/mol. The highest BCUT2D eigenvalue weighted by molar-refractivity contribution is 6.99. The lowest BCUT2D eigenvalue weighted by atomic mass is 9.99. The number of nitrogens with zero attached hydrogens (tertiary/aromatic N) is 1. The molecule has 0 unspecified atom stereocenters. The Bertz CT molecular complexity index is 858. The molecule has 2 atom stereocenters. The van der Waals surface area contributed by atoms with Gasteiger partial charge in [-0.25, -0.2) is 9.59 Å². The number of amides is 1. The number of methoxy groups -OCH3 is 1. The van der Waals surface area contributed by atoms with E-state index in [4.69, 9.17) is 9.16 Å². The number of hydrogen-bond donors (Lipinski definition) is 1. The van der Waals surface area contributed by atoms with Gasteiger partial charge in [0.2, 0.25) is 0 Å². The van der Waals surface area contributed by atoms with Gasteiger partial charge in [-0.05, 0) is 28.3 Å². The van der Waals surface area contributed by atoms with Crippen LogP contribution in [0.1, 0.15) is 33.6 Å². The van der Waals surface area contributed by atoms with Crippen LogP contribution in [0.25, 0.3) is 0 Å². The average Bonchev–Trinajstić information content (AvgIpc) is 2.76. The first-order chi connectivity index (χ1) is 14.7. The maximum absolute atomic E-state index is 12.3. The highest BCUT2D eigenvalue weighted by atomic mass is 28.4. The molecule has 166 valence electrons. The first-order valence-electron chi connectivity index (χ1n) is 10.6. The van der Waals surface area contributed by atoms with Gasteiger partial charge in [-0.15, -0.1) is 0 Å². The summed E-state index contributed by atoms with van der Waals surface area (Å²) < 4.78 is 11.9. The molecule has 3 rings (SSSR count). The van der Waals surface area contributed by atoms with Gasteiger partial charge >= 0.3 is 12.1 Å². The Labute approximate surface area is 184 Å². The summed E-state index contributed by atoms with van der Waals surface area (Å²) in [6.07, 6.45) is -0.0590. The smallest absolute Gasteiger partial charge is 0.410 e. The summed E-state index contributed by atoms with van der Waals surface area (Å²) in [5.74, 6) is -1.08. The van der Waals surface area contributed by atoms with Gasteiger partial charge < -0.3 is 14.3 Å². The third-order valence-corrected chi connectivity index (χ3v) is 11.0. The van der Waals surface area contributed by atoms with Gasteiger partial charge in [0.25, 0.3) is 8.32 Å². The van der Waals surface area contributed by atoms with Crippen LogP contribution >= 0.6 is 0 Å². The van der Waals surface area contributed by atoms with Crippen molar-refractivity contribution in [3.8, 4) is 0 Å². The van der Waals surface area contributed by atoms with Crippen LogP contribution in [0.5, 0.6) is 0 Å². The molecule has 2 aromatic rings. The molecule has 1 fully saturated rings. The zero-order valence-electron chi connectivity index (χ0n) is 18.6. The molecule has 0 aromatic heterocycles. The van der Waals surface area contributed by atoms with Gasteiger partial charge in [-0.2, -0.15) is 0 Å². The van der Waals surface area contributed by atoms with Crippen molar-refractivity contribution in [2.45, 2.75) is 50.8 Å². The van der Waals surface area contributed by atoms with Gasteiger partial charge in [0, 0.05) is 6.54 Å².